The van der Waals surface area contributed by atoms with E-state index in [2.05, 4.69) is 36.2 Å². The summed E-state index contributed by atoms with van der Waals surface area (Å²) in [5.41, 5.74) is 1.42. The second kappa shape index (κ2) is 2.99. The summed E-state index contributed by atoms with van der Waals surface area (Å²) in [7, 11) is 2.17. The van der Waals surface area contributed by atoms with Gasteiger partial charge in [-0.25, -0.2) is 0 Å². The monoisotopic (exact) mass is 189 g/mol. The second-order valence-corrected chi connectivity index (χ2v) is 4.35. The van der Waals surface area contributed by atoms with Crippen LogP contribution in [0, 0.1) is 0 Å². The number of benzene rings is 1. The van der Waals surface area contributed by atoms with E-state index in [1.807, 2.05) is 0 Å². The Bertz CT molecular complexity index is 350. The number of hydrogen-bond acceptors (Lipinski definition) is 2. The molecule has 2 heterocycles. The minimum absolute atomic E-state index is 0.395. The van der Waals surface area contributed by atoms with E-state index in [1.54, 1.807) is 0 Å². The summed E-state index contributed by atoms with van der Waals surface area (Å²) in [5, 5.41) is 0. The van der Waals surface area contributed by atoms with Crippen LogP contribution < -0.4 is 4.74 Å². The fraction of sp³-hybridized carbons (Fsp3) is 0.500. The van der Waals surface area contributed by atoms with Crippen LogP contribution in [0.2, 0.25) is 0 Å². The minimum atomic E-state index is 0.395. The van der Waals surface area contributed by atoms with Gasteiger partial charge in [-0.2, -0.15) is 0 Å². The molecule has 2 unspecified atom stereocenters. The molecule has 0 saturated carbocycles. The third-order valence-corrected chi connectivity index (χ3v) is 3.36. The van der Waals surface area contributed by atoms with Crippen LogP contribution in [-0.2, 0) is 0 Å². The van der Waals surface area contributed by atoms with E-state index in [9.17, 15) is 0 Å². The van der Waals surface area contributed by atoms with E-state index in [0.29, 0.717) is 12.0 Å². The predicted octanol–water partition coefficient (Wildman–Crippen LogP) is 1.87. The zero-order valence-electron chi connectivity index (χ0n) is 8.44. The summed E-state index contributed by atoms with van der Waals surface area (Å²) in [6.45, 7) is 2.26. The van der Waals surface area contributed by atoms with Crippen LogP contribution in [0.1, 0.15) is 17.9 Å². The number of piperidine rings is 1. The topological polar surface area (TPSA) is 12.5 Å². The number of likely N-dealkylation sites (N-methyl/N-ethyl adjacent to an activating group) is 1. The van der Waals surface area contributed by atoms with E-state index in [1.165, 1.54) is 18.5 Å². The first-order chi connectivity index (χ1) is 6.84. The van der Waals surface area contributed by atoms with Gasteiger partial charge in [0.15, 0.2) is 0 Å². The maximum atomic E-state index is 5.94. The van der Waals surface area contributed by atoms with Crippen LogP contribution in [0.3, 0.4) is 0 Å². The predicted molar refractivity (Wildman–Crippen MR) is 55.7 cm³/mol. The minimum Gasteiger partial charge on any atom is -0.488 e. The molecule has 0 aromatic heterocycles. The molecule has 74 valence electrons. The van der Waals surface area contributed by atoms with Crippen molar-refractivity contribution in [2.24, 2.45) is 0 Å². The van der Waals surface area contributed by atoms with Gasteiger partial charge in [0.1, 0.15) is 11.9 Å². The average Bonchev–Trinajstić information content (AvgIpc) is 2.54. The molecule has 0 N–H and O–H groups in total. The molecule has 1 fully saturated rings. The Hall–Kier alpha value is -1.02. The van der Waals surface area contributed by atoms with Crippen molar-refractivity contribution in [3.8, 4) is 5.75 Å². The van der Waals surface area contributed by atoms with E-state index >= 15 is 0 Å². The number of likely N-dealkylation sites (tertiary alicyclic amines) is 1. The number of rotatable bonds is 0. The highest BCUT2D eigenvalue weighted by Crippen LogP contribution is 2.41. The third-order valence-electron chi connectivity index (χ3n) is 3.36. The maximum absolute atomic E-state index is 5.94. The molecule has 2 nitrogen and oxygen atoms in total. The van der Waals surface area contributed by atoms with E-state index < -0.39 is 0 Å². The number of nitrogens with zero attached hydrogens (tertiary/aromatic N) is 1. The fourth-order valence-corrected chi connectivity index (χ4v) is 2.60. The molecule has 1 aromatic carbocycles. The lowest BCUT2D eigenvalue weighted by Crippen LogP contribution is -2.40. The van der Waals surface area contributed by atoms with E-state index in [4.69, 9.17) is 4.74 Å². The van der Waals surface area contributed by atoms with Gasteiger partial charge in [0.25, 0.3) is 0 Å². The van der Waals surface area contributed by atoms with Gasteiger partial charge in [-0.1, -0.05) is 18.2 Å². The van der Waals surface area contributed by atoms with Crippen molar-refractivity contribution >= 4 is 0 Å². The quantitative estimate of drug-likeness (QED) is 0.617. The first-order valence-electron chi connectivity index (χ1n) is 5.29. The molecule has 2 heteroatoms. The van der Waals surface area contributed by atoms with Crippen LogP contribution in [0.15, 0.2) is 24.3 Å². The molecular formula is C12H15NO. The van der Waals surface area contributed by atoms with Crippen molar-refractivity contribution in [3.05, 3.63) is 29.8 Å². The molecule has 0 radical (unpaired) electrons. The molecule has 0 aliphatic carbocycles. The molecule has 2 aliphatic rings. The first-order valence-corrected chi connectivity index (χ1v) is 5.29. The molecule has 14 heavy (non-hydrogen) atoms. The SMILES string of the molecule is CN1CCC2c3ccccc3OC2C1. The van der Waals surface area contributed by atoms with Crippen LogP contribution in [0.5, 0.6) is 5.75 Å². The summed E-state index contributed by atoms with van der Waals surface area (Å²) in [5.74, 6) is 1.75. The van der Waals surface area contributed by atoms with Crippen LogP contribution in [0.25, 0.3) is 0 Å². The number of para-hydroxylation sites is 1. The lowest BCUT2D eigenvalue weighted by Gasteiger charge is -2.31. The van der Waals surface area contributed by atoms with Gasteiger partial charge < -0.3 is 9.64 Å². The van der Waals surface area contributed by atoms with Gasteiger partial charge in [-0.3, -0.25) is 0 Å². The summed E-state index contributed by atoms with van der Waals surface area (Å²) in [6, 6.07) is 8.47. The molecule has 3 rings (SSSR count). The molecule has 0 spiro atoms. The number of fused-ring (bicyclic) bond motifs is 3. The molecule has 2 aliphatic heterocycles. The molecule has 1 aromatic rings. The van der Waals surface area contributed by atoms with Gasteiger partial charge in [-0.15, -0.1) is 0 Å². The van der Waals surface area contributed by atoms with Crippen LogP contribution in [0.4, 0.5) is 0 Å². The van der Waals surface area contributed by atoms with Crippen molar-refractivity contribution in [3.63, 3.8) is 0 Å². The summed E-state index contributed by atoms with van der Waals surface area (Å²) in [4.78, 5) is 2.35. The standard InChI is InChI=1S/C12H15NO/c1-13-7-6-10-9-4-2-3-5-11(9)14-12(10)8-13/h2-5,10,12H,6-8H2,1H3. The zero-order chi connectivity index (χ0) is 9.54. The summed E-state index contributed by atoms with van der Waals surface area (Å²) < 4.78 is 5.94. The highest BCUT2D eigenvalue weighted by atomic mass is 16.5. The van der Waals surface area contributed by atoms with Gasteiger partial charge >= 0.3 is 0 Å². The van der Waals surface area contributed by atoms with Gasteiger partial charge in [0, 0.05) is 18.0 Å². The lowest BCUT2D eigenvalue weighted by atomic mass is 9.89. The third kappa shape index (κ3) is 1.14. The zero-order valence-corrected chi connectivity index (χ0v) is 8.44. The molecule has 2 atom stereocenters. The Morgan fingerprint density at radius 1 is 1.36 bits per heavy atom. The van der Waals surface area contributed by atoms with Crippen molar-refractivity contribution in [2.45, 2.75) is 18.4 Å². The Morgan fingerprint density at radius 2 is 2.21 bits per heavy atom. The molecule has 0 amide bonds. The molecule has 0 bridgehead atoms. The van der Waals surface area contributed by atoms with E-state index in [-0.39, 0.29) is 0 Å². The second-order valence-electron chi connectivity index (χ2n) is 4.35. The Kier molecular flexibility index (Phi) is 1.77. The summed E-state index contributed by atoms with van der Waals surface area (Å²) >= 11 is 0. The number of ether oxygens (including phenoxy) is 1. The van der Waals surface area contributed by atoms with Crippen LogP contribution in [-0.4, -0.2) is 31.1 Å². The van der Waals surface area contributed by atoms with Crippen LogP contribution >= 0.6 is 0 Å². The van der Waals surface area contributed by atoms with Gasteiger partial charge in [0.2, 0.25) is 0 Å². The number of hydrogen-bond donors (Lipinski definition) is 0. The smallest absolute Gasteiger partial charge is 0.123 e. The normalized spacial score (nSPS) is 30.6. The Morgan fingerprint density at radius 3 is 3.14 bits per heavy atom. The highest BCUT2D eigenvalue weighted by Gasteiger charge is 2.37. The fourth-order valence-electron chi connectivity index (χ4n) is 2.60. The lowest BCUT2D eigenvalue weighted by molar-refractivity contribution is 0.109. The Labute approximate surface area is 84.5 Å². The highest BCUT2D eigenvalue weighted by molar-refractivity contribution is 5.41. The first kappa shape index (κ1) is 8.30. The molecule has 1 saturated heterocycles. The van der Waals surface area contributed by atoms with Crippen molar-refractivity contribution in [1.29, 1.82) is 0 Å². The Balaban J connectivity index is 1.94. The van der Waals surface area contributed by atoms with Gasteiger partial charge in [-0.05, 0) is 26.1 Å². The van der Waals surface area contributed by atoms with E-state index in [0.717, 1.165) is 12.3 Å². The van der Waals surface area contributed by atoms with Gasteiger partial charge in [0.05, 0.1) is 0 Å². The maximum Gasteiger partial charge on any atom is 0.123 e. The van der Waals surface area contributed by atoms with Crippen molar-refractivity contribution in [2.75, 3.05) is 20.1 Å². The largest absolute Gasteiger partial charge is 0.488 e. The average molecular weight is 189 g/mol. The van der Waals surface area contributed by atoms with Crippen molar-refractivity contribution in [1.82, 2.24) is 4.90 Å². The molecular weight excluding hydrogens is 174 g/mol. The summed E-state index contributed by atoms with van der Waals surface area (Å²) in [6.07, 6.45) is 1.63. The van der Waals surface area contributed by atoms with Crippen molar-refractivity contribution < 1.29 is 4.74 Å².